The number of esters is 1. The Morgan fingerprint density at radius 1 is 1.35 bits per heavy atom. The van der Waals surface area contributed by atoms with Gasteiger partial charge in [-0.1, -0.05) is 0 Å². The van der Waals surface area contributed by atoms with Crippen LogP contribution in [-0.2, 0) is 10.9 Å². The highest BCUT2D eigenvalue weighted by molar-refractivity contribution is 5.92. The summed E-state index contributed by atoms with van der Waals surface area (Å²) >= 11 is 0. The summed E-state index contributed by atoms with van der Waals surface area (Å²) in [5.74, 6) is -0.887. The molecule has 0 heterocycles. The highest BCUT2D eigenvalue weighted by Crippen LogP contribution is 2.30. The lowest BCUT2D eigenvalue weighted by molar-refractivity contribution is -0.137. The van der Waals surface area contributed by atoms with Crippen LogP contribution in [0.1, 0.15) is 33.2 Å². The van der Waals surface area contributed by atoms with Crippen LogP contribution in [0.25, 0.3) is 0 Å². The zero-order valence-corrected chi connectivity index (χ0v) is 8.88. The molecule has 3 nitrogen and oxygen atoms in total. The number of aldehydes is 1. The van der Waals surface area contributed by atoms with Crippen molar-refractivity contribution >= 4 is 12.3 Å². The molecule has 0 atom stereocenters. The fourth-order valence-electron chi connectivity index (χ4n) is 1.22. The van der Waals surface area contributed by atoms with Crippen molar-refractivity contribution in [3.8, 4) is 0 Å². The predicted octanol–water partition coefficient (Wildman–Crippen LogP) is 2.69. The first kappa shape index (κ1) is 13.2. The van der Waals surface area contributed by atoms with E-state index in [0.29, 0.717) is 12.1 Å². The number of benzene rings is 1. The lowest BCUT2D eigenvalue weighted by Gasteiger charge is -2.09. The molecule has 1 aromatic carbocycles. The summed E-state index contributed by atoms with van der Waals surface area (Å²) in [7, 11) is 0. The Hall–Kier alpha value is -1.85. The number of hydrogen-bond acceptors (Lipinski definition) is 3. The van der Waals surface area contributed by atoms with E-state index in [4.69, 9.17) is 0 Å². The number of rotatable bonds is 3. The van der Waals surface area contributed by atoms with Crippen molar-refractivity contribution in [1.29, 1.82) is 0 Å². The predicted molar refractivity (Wildman–Crippen MR) is 52.8 cm³/mol. The van der Waals surface area contributed by atoms with E-state index in [0.717, 1.165) is 6.07 Å². The van der Waals surface area contributed by atoms with Gasteiger partial charge < -0.3 is 4.74 Å². The van der Waals surface area contributed by atoms with Gasteiger partial charge in [0.1, 0.15) is 6.29 Å². The molecular weight excluding hydrogens is 237 g/mol. The summed E-state index contributed by atoms with van der Waals surface area (Å²) in [6, 6.07) is 2.39. The highest BCUT2D eigenvalue weighted by Gasteiger charge is 2.31. The average molecular weight is 246 g/mol. The van der Waals surface area contributed by atoms with Gasteiger partial charge in [0.25, 0.3) is 0 Å². The van der Waals surface area contributed by atoms with Crippen molar-refractivity contribution in [3.05, 3.63) is 34.9 Å². The lowest BCUT2D eigenvalue weighted by Crippen LogP contribution is -2.10. The van der Waals surface area contributed by atoms with Crippen LogP contribution in [0.3, 0.4) is 0 Å². The molecule has 0 aromatic heterocycles. The van der Waals surface area contributed by atoms with Gasteiger partial charge in [-0.15, -0.1) is 0 Å². The molecule has 0 saturated carbocycles. The van der Waals surface area contributed by atoms with E-state index in [9.17, 15) is 22.8 Å². The van der Waals surface area contributed by atoms with Crippen LogP contribution in [0.5, 0.6) is 0 Å². The number of carbonyl (C=O) groups is 2. The molecule has 0 saturated heterocycles. The summed E-state index contributed by atoms with van der Waals surface area (Å²) in [6.45, 7) is 1.58. The summed E-state index contributed by atoms with van der Waals surface area (Å²) in [5.41, 5.74) is -1.56. The topological polar surface area (TPSA) is 43.4 Å². The third-order valence-electron chi connectivity index (χ3n) is 1.93. The second-order valence-electron chi connectivity index (χ2n) is 3.18. The first-order chi connectivity index (χ1) is 7.88. The molecule has 0 radical (unpaired) electrons. The average Bonchev–Trinajstić information content (AvgIpc) is 2.27. The Morgan fingerprint density at radius 2 is 2.00 bits per heavy atom. The van der Waals surface area contributed by atoms with E-state index in [1.807, 2.05) is 0 Å². The van der Waals surface area contributed by atoms with Crippen LogP contribution >= 0.6 is 0 Å². The fourth-order valence-corrected chi connectivity index (χ4v) is 1.22. The monoisotopic (exact) mass is 246 g/mol. The SMILES string of the molecule is CCOC(=O)c1cc(C=O)cc(C(F)(F)F)c1. The number of ether oxygens (including phenoxy) is 1. The molecule has 0 N–H and O–H groups in total. The number of carbonyl (C=O) groups excluding carboxylic acids is 2. The van der Waals surface area contributed by atoms with Crippen molar-refractivity contribution in [2.24, 2.45) is 0 Å². The van der Waals surface area contributed by atoms with Crippen molar-refractivity contribution in [3.63, 3.8) is 0 Å². The van der Waals surface area contributed by atoms with E-state index in [1.54, 1.807) is 0 Å². The van der Waals surface area contributed by atoms with Crippen LogP contribution in [0.15, 0.2) is 18.2 Å². The molecule has 17 heavy (non-hydrogen) atoms. The molecular formula is C11H9F3O3. The maximum Gasteiger partial charge on any atom is 0.416 e. The Balaban J connectivity index is 3.23. The van der Waals surface area contributed by atoms with Crippen LogP contribution in [0, 0.1) is 0 Å². The molecule has 0 amide bonds. The van der Waals surface area contributed by atoms with Crippen LogP contribution in [0.4, 0.5) is 13.2 Å². The number of halogens is 3. The van der Waals surface area contributed by atoms with Gasteiger partial charge in [-0.05, 0) is 25.1 Å². The van der Waals surface area contributed by atoms with E-state index in [-0.39, 0.29) is 24.0 Å². The third kappa shape index (κ3) is 3.30. The van der Waals surface area contributed by atoms with Gasteiger partial charge in [-0.25, -0.2) is 4.79 Å². The minimum absolute atomic E-state index is 0.0471. The maximum absolute atomic E-state index is 12.5. The first-order valence-electron chi connectivity index (χ1n) is 4.73. The van der Waals surface area contributed by atoms with Crippen molar-refractivity contribution in [2.75, 3.05) is 6.61 Å². The summed E-state index contributed by atoms with van der Waals surface area (Å²) in [5, 5.41) is 0. The Bertz CT molecular complexity index is 438. The van der Waals surface area contributed by atoms with Gasteiger partial charge in [0.2, 0.25) is 0 Å². The molecule has 1 rings (SSSR count). The van der Waals surface area contributed by atoms with E-state index in [1.165, 1.54) is 6.92 Å². The molecule has 0 spiro atoms. The molecule has 6 heteroatoms. The molecule has 1 aromatic rings. The van der Waals surface area contributed by atoms with Crippen molar-refractivity contribution in [2.45, 2.75) is 13.1 Å². The summed E-state index contributed by atoms with van der Waals surface area (Å²) < 4.78 is 42.0. The Morgan fingerprint density at radius 3 is 2.47 bits per heavy atom. The molecule has 0 fully saturated rings. The maximum atomic E-state index is 12.5. The van der Waals surface area contributed by atoms with Gasteiger partial charge in [0, 0.05) is 5.56 Å². The van der Waals surface area contributed by atoms with Crippen LogP contribution in [-0.4, -0.2) is 18.9 Å². The smallest absolute Gasteiger partial charge is 0.416 e. The zero-order valence-electron chi connectivity index (χ0n) is 8.88. The third-order valence-corrected chi connectivity index (χ3v) is 1.93. The number of hydrogen-bond donors (Lipinski definition) is 0. The standard InChI is InChI=1S/C11H9F3O3/c1-2-17-10(16)8-3-7(6-15)4-9(5-8)11(12,13)14/h3-6H,2H2,1H3. The molecule has 0 aliphatic rings. The van der Waals surface area contributed by atoms with E-state index >= 15 is 0 Å². The minimum Gasteiger partial charge on any atom is -0.462 e. The fraction of sp³-hybridized carbons (Fsp3) is 0.273. The Kier molecular flexibility index (Phi) is 3.88. The van der Waals surface area contributed by atoms with E-state index in [2.05, 4.69) is 4.74 Å². The van der Waals surface area contributed by atoms with E-state index < -0.39 is 17.7 Å². The molecule has 0 bridgehead atoms. The first-order valence-corrected chi connectivity index (χ1v) is 4.73. The largest absolute Gasteiger partial charge is 0.462 e. The summed E-state index contributed by atoms with van der Waals surface area (Å²) in [4.78, 5) is 21.8. The van der Waals surface area contributed by atoms with Gasteiger partial charge in [-0.3, -0.25) is 4.79 Å². The molecule has 92 valence electrons. The molecule has 0 aliphatic heterocycles. The van der Waals surface area contributed by atoms with Crippen molar-refractivity contribution < 1.29 is 27.5 Å². The highest BCUT2D eigenvalue weighted by atomic mass is 19.4. The quantitative estimate of drug-likeness (QED) is 0.608. The second-order valence-corrected chi connectivity index (χ2v) is 3.18. The van der Waals surface area contributed by atoms with Gasteiger partial charge in [-0.2, -0.15) is 13.2 Å². The van der Waals surface area contributed by atoms with Crippen LogP contribution < -0.4 is 0 Å². The normalized spacial score (nSPS) is 11.1. The number of alkyl halides is 3. The second kappa shape index (κ2) is 4.99. The van der Waals surface area contributed by atoms with Gasteiger partial charge in [0.05, 0.1) is 17.7 Å². The van der Waals surface area contributed by atoms with Gasteiger partial charge in [0.15, 0.2) is 0 Å². The lowest BCUT2D eigenvalue weighted by atomic mass is 10.1. The van der Waals surface area contributed by atoms with Gasteiger partial charge >= 0.3 is 12.1 Å². The van der Waals surface area contributed by atoms with Crippen molar-refractivity contribution in [1.82, 2.24) is 0 Å². The molecule has 0 unspecified atom stereocenters. The summed E-state index contributed by atoms with van der Waals surface area (Å²) in [6.07, 6.45) is -4.36. The molecule has 0 aliphatic carbocycles. The van der Waals surface area contributed by atoms with Crippen LogP contribution in [0.2, 0.25) is 0 Å². The zero-order chi connectivity index (χ0) is 13.1. The minimum atomic E-state index is -4.61. The Labute approximate surface area is 95.2 Å².